The molecular weight excluding hydrogens is 257 g/mol. The molecule has 4 heteroatoms. The number of hydrogen-bond donors (Lipinski definition) is 2. The molecule has 0 spiro atoms. The third kappa shape index (κ3) is 3.01. The Morgan fingerprint density at radius 2 is 2.00 bits per heavy atom. The van der Waals surface area contributed by atoms with Crippen molar-refractivity contribution in [2.45, 2.75) is 44.6 Å². The summed E-state index contributed by atoms with van der Waals surface area (Å²) in [5.41, 5.74) is 0.345. The largest absolute Gasteiger partial charge is 0.391 e. The van der Waals surface area contributed by atoms with E-state index in [0.717, 1.165) is 24.8 Å². The van der Waals surface area contributed by atoms with Gasteiger partial charge in [-0.15, -0.1) is 0 Å². The highest BCUT2D eigenvalue weighted by molar-refractivity contribution is 5.91. The summed E-state index contributed by atoms with van der Waals surface area (Å²) in [6.45, 7) is 4.25. The van der Waals surface area contributed by atoms with Crippen LogP contribution < -0.4 is 5.32 Å². The number of rotatable bonds is 6. The van der Waals surface area contributed by atoms with Crippen molar-refractivity contribution in [3.8, 4) is 0 Å². The molecule has 0 radical (unpaired) electrons. The van der Waals surface area contributed by atoms with E-state index in [1.807, 2.05) is 13.8 Å². The molecule has 2 unspecified atom stereocenters. The third-order valence-corrected chi connectivity index (χ3v) is 4.35. The van der Waals surface area contributed by atoms with Gasteiger partial charge in [0.15, 0.2) is 0 Å². The lowest BCUT2D eigenvalue weighted by Gasteiger charge is -2.20. The zero-order chi connectivity index (χ0) is 14.8. The van der Waals surface area contributed by atoms with E-state index in [0.29, 0.717) is 0 Å². The first-order chi connectivity index (χ1) is 9.49. The number of halogens is 1. The van der Waals surface area contributed by atoms with Gasteiger partial charge in [0.1, 0.15) is 5.82 Å². The second kappa shape index (κ2) is 5.92. The van der Waals surface area contributed by atoms with E-state index in [9.17, 15) is 14.3 Å². The number of amides is 1. The Morgan fingerprint density at radius 1 is 1.40 bits per heavy atom. The zero-order valence-corrected chi connectivity index (χ0v) is 12.0. The molecule has 0 bridgehead atoms. The monoisotopic (exact) mass is 279 g/mol. The van der Waals surface area contributed by atoms with Gasteiger partial charge in [-0.25, -0.2) is 4.39 Å². The minimum atomic E-state index is -0.520. The Hall–Kier alpha value is -1.42. The van der Waals surface area contributed by atoms with Gasteiger partial charge >= 0.3 is 0 Å². The predicted molar refractivity (Wildman–Crippen MR) is 75.8 cm³/mol. The fourth-order valence-corrected chi connectivity index (χ4v) is 2.38. The molecule has 2 rings (SSSR count). The summed E-state index contributed by atoms with van der Waals surface area (Å²) < 4.78 is 12.9. The van der Waals surface area contributed by atoms with Gasteiger partial charge in [-0.1, -0.05) is 32.4 Å². The maximum absolute atomic E-state index is 12.9. The van der Waals surface area contributed by atoms with Gasteiger partial charge in [-0.05, 0) is 36.5 Å². The zero-order valence-electron chi connectivity index (χ0n) is 12.0. The van der Waals surface area contributed by atoms with Crippen LogP contribution in [-0.2, 0) is 10.2 Å². The summed E-state index contributed by atoms with van der Waals surface area (Å²) in [6.07, 6.45) is 1.92. The summed E-state index contributed by atoms with van der Waals surface area (Å²) in [4.78, 5) is 12.3. The van der Waals surface area contributed by atoms with Crippen molar-refractivity contribution in [2.24, 2.45) is 5.92 Å². The van der Waals surface area contributed by atoms with Crippen LogP contribution in [0.4, 0.5) is 4.39 Å². The maximum atomic E-state index is 12.9. The number of nitrogens with one attached hydrogen (secondary N) is 1. The number of benzene rings is 1. The topological polar surface area (TPSA) is 49.3 Å². The molecule has 1 amide bonds. The fourth-order valence-electron chi connectivity index (χ4n) is 2.38. The van der Waals surface area contributed by atoms with E-state index < -0.39 is 11.5 Å². The van der Waals surface area contributed by atoms with Crippen LogP contribution in [0.15, 0.2) is 24.3 Å². The van der Waals surface area contributed by atoms with Crippen LogP contribution in [-0.4, -0.2) is 23.7 Å². The molecule has 1 fully saturated rings. The molecule has 1 aromatic carbocycles. The minimum Gasteiger partial charge on any atom is -0.391 e. The van der Waals surface area contributed by atoms with Gasteiger partial charge < -0.3 is 10.4 Å². The van der Waals surface area contributed by atoms with E-state index >= 15 is 0 Å². The van der Waals surface area contributed by atoms with Gasteiger partial charge in [0.2, 0.25) is 5.91 Å². The second-order valence-electron chi connectivity index (χ2n) is 5.75. The highest BCUT2D eigenvalue weighted by Crippen LogP contribution is 2.48. The highest BCUT2D eigenvalue weighted by atomic mass is 19.1. The predicted octanol–water partition coefficient (Wildman–Crippen LogP) is 2.38. The number of aliphatic hydroxyl groups is 1. The van der Waals surface area contributed by atoms with E-state index in [1.54, 1.807) is 12.1 Å². The smallest absolute Gasteiger partial charge is 0.230 e. The number of hydrogen-bond acceptors (Lipinski definition) is 2. The van der Waals surface area contributed by atoms with Crippen molar-refractivity contribution >= 4 is 5.91 Å². The normalized spacial score (nSPS) is 19.2. The number of carbonyl (C=O) groups is 1. The Balaban J connectivity index is 1.97. The van der Waals surface area contributed by atoms with Gasteiger partial charge in [0, 0.05) is 6.54 Å². The molecule has 2 N–H and O–H groups in total. The van der Waals surface area contributed by atoms with Crippen molar-refractivity contribution in [1.29, 1.82) is 0 Å². The van der Waals surface area contributed by atoms with E-state index in [2.05, 4.69) is 5.32 Å². The quantitative estimate of drug-likeness (QED) is 0.840. The molecule has 0 aliphatic heterocycles. The summed E-state index contributed by atoms with van der Waals surface area (Å²) in [7, 11) is 0. The fraction of sp³-hybridized carbons (Fsp3) is 0.562. The Labute approximate surface area is 119 Å². The molecule has 1 aliphatic rings. The van der Waals surface area contributed by atoms with Crippen LogP contribution in [0.25, 0.3) is 0 Å². The first-order valence-electron chi connectivity index (χ1n) is 7.22. The molecular formula is C16H22FNO2. The van der Waals surface area contributed by atoms with E-state index in [4.69, 9.17) is 0 Å². The van der Waals surface area contributed by atoms with E-state index in [-0.39, 0.29) is 24.2 Å². The highest BCUT2D eigenvalue weighted by Gasteiger charge is 2.51. The van der Waals surface area contributed by atoms with Crippen molar-refractivity contribution in [2.75, 3.05) is 6.54 Å². The van der Waals surface area contributed by atoms with Crippen molar-refractivity contribution in [3.05, 3.63) is 35.6 Å². The van der Waals surface area contributed by atoms with Gasteiger partial charge in [-0.3, -0.25) is 4.79 Å². The van der Waals surface area contributed by atoms with Crippen molar-refractivity contribution in [1.82, 2.24) is 5.32 Å². The SMILES string of the molecule is CCC(C)C(O)CNC(=O)C1(c2ccc(F)cc2)CC1. The van der Waals surface area contributed by atoms with Crippen LogP contribution in [0.3, 0.4) is 0 Å². The second-order valence-corrected chi connectivity index (χ2v) is 5.75. The van der Waals surface area contributed by atoms with Gasteiger partial charge in [0.25, 0.3) is 0 Å². The molecule has 1 aliphatic carbocycles. The van der Waals surface area contributed by atoms with Crippen LogP contribution >= 0.6 is 0 Å². The molecule has 2 atom stereocenters. The Bertz CT molecular complexity index is 468. The molecule has 0 aromatic heterocycles. The molecule has 1 saturated carbocycles. The van der Waals surface area contributed by atoms with E-state index in [1.165, 1.54) is 12.1 Å². The molecule has 20 heavy (non-hydrogen) atoms. The number of carbonyl (C=O) groups excluding carboxylic acids is 1. The molecule has 3 nitrogen and oxygen atoms in total. The van der Waals surface area contributed by atoms with Crippen LogP contribution in [0.1, 0.15) is 38.7 Å². The number of aliphatic hydroxyl groups excluding tert-OH is 1. The molecule has 1 aromatic rings. The lowest BCUT2D eigenvalue weighted by molar-refractivity contribution is -0.124. The lowest BCUT2D eigenvalue weighted by atomic mass is 9.94. The van der Waals surface area contributed by atoms with Crippen LogP contribution in [0.2, 0.25) is 0 Å². The van der Waals surface area contributed by atoms with Crippen molar-refractivity contribution < 1.29 is 14.3 Å². The standard InChI is InChI=1S/C16H22FNO2/c1-3-11(2)14(19)10-18-15(20)16(8-9-16)12-4-6-13(17)7-5-12/h4-7,11,14,19H,3,8-10H2,1-2H3,(H,18,20). The molecule has 110 valence electrons. The van der Waals surface area contributed by atoms with Crippen LogP contribution in [0.5, 0.6) is 0 Å². The average Bonchev–Trinajstić information content (AvgIpc) is 3.25. The van der Waals surface area contributed by atoms with Crippen molar-refractivity contribution in [3.63, 3.8) is 0 Å². The minimum absolute atomic E-state index is 0.0635. The average molecular weight is 279 g/mol. The molecule has 0 saturated heterocycles. The Kier molecular flexibility index (Phi) is 4.43. The lowest BCUT2D eigenvalue weighted by Crippen LogP contribution is -2.40. The van der Waals surface area contributed by atoms with Gasteiger partial charge in [-0.2, -0.15) is 0 Å². The summed E-state index contributed by atoms with van der Waals surface area (Å²) in [5.74, 6) is -0.195. The summed E-state index contributed by atoms with van der Waals surface area (Å²) in [5, 5.41) is 12.7. The first-order valence-corrected chi connectivity index (χ1v) is 7.22. The maximum Gasteiger partial charge on any atom is 0.230 e. The Morgan fingerprint density at radius 3 is 2.50 bits per heavy atom. The first kappa shape index (κ1) is 15.0. The summed E-state index contributed by atoms with van der Waals surface area (Å²) >= 11 is 0. The van der Waals surface area contributed by atoms with Crippen LogP contribution in [0, 0.1) is 11.7 Å². The summed E-state index contributed by atoms with van der Waals surface area (Å²) in [6, 6.07) is 6.12. The third-order valence-electron chi connectivity index (χ3n) is 4.35. The molecule has 0 heterocycles. The van der Waals surface area contributed by atoms with Gasteiger partial charge in [0.05, 0.1) is 11.5 Å².